The van der Waals surface area contributed by atoms with Gasteiger partial charge >= 0.3 is 0 Å². The van der Waals surface area contributed by atoms with Gasteiger partial charge in [0.1, 0.15) is 0 Å². The number of aryl methyl sites for hydroxylation is 1. The van der Waals surface area contributed by atoms with Crippen LogP contribution in [0.2, 0.25) is 0 Å². The smallest absolute Gasteiger partial charge is 0.263 e. The molecule has 0 N–H and O–H groups in total. The predicted octanol–water partition coefficient (Wildman–Crippen LogP) is 4.29. The van der Waals surface area contributed by atoms with E-state index in [-0.39, 0.29) is 18.4 Å². The number of amides is 2. The number of nitrogens with zero attached hydrogens (tertiary/aromatic N) is 4. The van der Waals surface area contributed by atoms with Crippen LogP contribution >= 0.6 is 15.9 Å². The first-order chi connectivity index (χ1) is 14.0. The number of fused-ring (bicyclic) bond motifs is 3. The highest BCUT2D eigenvalue weighted by molar-refractivity contribution is 9.10. The van der Waals surface area contributed by atoms with Crippen LogP contribution in [0.1, 0.15) is 32.0 Å². The second-order valence-corrected chi connectivity index (χ2v) is 7.82. The molecule has 0 saturated heterocycles. The number of pyridine rings is 1. The van der Waals surface area contributed by atoms with Crippen LogP contribution < -0.4 is 0 Å². The van der Waals surface area contributed by atoms with Crippen molar-refractivity contribution in [3.63, 3.8) is 0 Å². The van der Waals surface area contributed by atoms with E-state index >= 15 is 0 Å². The number of halogens is 1. The van der Waals surface area contributed by atoms with E-state index in [1.54, 1.807) is 4.68 Å². The molecule has 0 saturated carbocycles. The lowest BCUT2D eigenvalue weighted by Gasteiger charge is -2.13. The minimum atomic E-state index is -0.320. The normalized spacial score (nSPS) is 13.4. The summed E-state index contributed by atoms with van der Waals surface area (Å²) < 4.78 is 2.66. The van der Waals surface area contributed by atoms with Crippen molar-refractivity contribution in [2.45, 2.75) is 13.5 Å². The van der Waals surface area contributed by atoms with Crippen LogP contribution in [0, 0.1) is 6.92 Å². The first-order valence-corrected chi connectivity index (χ1v) is 9.88. The van der Waals surface area contributed by atoms with E-state index in [2.05, 4.69) is 26.0 Å². The maximum absolute atomic E-state index is 13.2. The second kappa shape index (κ2) is 6.63. The number of carbonyl (C=O) groups is 2. The van der Waals surface area contributed by atoms with Gasteiger partial charge in [0.15, 0.2) is 5.65 Å². The van der Waals surface area contributed by atoms with Gasteiger partial charge in [0, 0.05) is 10.7 Å². The molecule has 5 rings (SSSR count). The minimum Gasteiger partial charge on any atom is -0.270 e. The number of benzene rings is 2. The first kappa shape index (κ1) is 17.8. The predicted molar refractivity (Wildman–Crippen MR) is 112 cm³/mol. The minimum absolute atomic E-state index is 0.231. The van der Waals surface area contributed by atoms with Crippen molar-refractivity contribution in [3.05, 3.63) is 87.7 Å². The van der Waals surface area contributed by atoms with Crippen molar-refractivity contribution in [2.24, 2.45) is 0 Å². The Morgan fingerprint density at radius 2 is 1.69 bits per heavy atom. The van der Waals surface area contributed by atoms with Gasteiger partial charge in [-0.05, 0) is 36.8 Å². The summed E-state index contributed by atoms with van der Waals surface area (Å²) in [6.45, 7) is 2.06. The van der Waals surface area contributed by atoms with Crippen LogP contribution in [0.25, 0.3) is 16.7 Å². The highest BCUT2D eigenvalue weighted by Gasteiger charge is 2.38. The fraction of sp³-hybridized carbons (Fsp3) is 0.0909. The van der Waals surface area contributed by atoms with Gasteiger partial charge < -0.3 is 0 Å². The molecule has 2 aromatic heterocycles. The van der Waals surface area contributed by atoms with Crippen LogP contribution in [0.4, 0.5) is 0 Å². The summed E-state index contributed by atoms with van der Waals surface area (Å²) in [5.74, 6) is -0.626. The lowest BCUT2D eigenvalue weighted by molar-refractivity contribution is 0.0643. The molecule has 2 aromatic carbocycles. The summed E-state index contributed by atoms with van der Waals surface area (Å²) in [5.41, 5.74) is 3.67. The molecule has 0 bridgehead atoms. The molecule has 6 nitrogen and oxygen atoms in total. The number of hydrogen-bond acceptors (Lipinski definition) is 4. The Balaban J connectivity index is 1.64. The zero-order valence-corrected chi connectivity index (χ0v) is 17.0. The molecule has 29 heavy (non-hydrogen) atoms. The molecule has 3 heterocycles. The molecule has 2 amide bonds. The third-order valence-electron chi connectivity index (χ3n) is 5.06. The van der Waals surface area contributed by atoms with Gasteiger partial charge in [0.2, 0.25) is 0 Å². The standard InChI is InChI=1S/C22H15BrN4O2/c1-13-18-19-17(21(28)26(22(19)29)12-14-5-3-2-4-6-14)11-24-20(18)27(25-13)16-9-7-15(23)8-10-16/h2-11H,12H2,1H3. The van der Waals surface area contributed by atoms with Crippen molar-refractivity contribution < 1.29 is 9.59 Å². The van der Waals surface area contributed by atoms with Crippen molar-refractivity contribution in [1.29, 1.82) is 0 Å². The van der Waals surface area contributed by atoms with Gasteiger partial charge in [-0.25, -0.2) is 9.67 Å². The van der Waals surface area contributed by atoms with Crippen LogP contribution in [0.5, 0.6) is 0 Å². The third kappa shape index (κ3) is 2.77. The Bertz CT molecular complexity index is 1280. The molecule has 0 unspecified atom stereocenters. The van der Waals surface area contributed by atoms with Gasteiger partial charge in [-0.2, -0.15) is 5.10 Å². The molecule has 0 fully saturated rings. The maximum atomic E-state index is 13.2. The molecular formula is C22H15BrN4O2. The molecule has 0 aliphatic carbocycles. The van der Waals surface area contributed by atoms with Gasteiger partial charge in [0.25, 0.3) is 11.8 Å². The first-order valence-electron chi connectivity index (χ1n) is 9.09. The van der Waals surface area contributed by atoms with Crippen LogP contribution in [-0.2, 0) is 6.54 Å². The van der Waals surface area contributed by atoms with Gasteiger partial charge in [-0.15, -0.1) is 0 Å². The number of aromatic nitrogens is 3. The molecule has 0 spiro atoms. The summed E-state index contributed by atoms with van der Waals surface area (Å²) in [6, 6.07) is 17.1. The summed E-state index contributed by atoms with van der Waals surface area (Å²) in [5, 5.41) is 5.22. The third-order valence-corrected chi connectivity index (χ3v) is 5.59. The lowest BCUT2D eigenvalue weighted by atomic mass is 10.1. The van der Waals surface area contributed by atoms with E-state index in [0.717, 1.165) is 15.7 Å². The second-order valence-electron chi connectivity index (χ2n) is 6.90. The van der Waals surface area contributed by atoms with Crippen molar-refractivity contribution in [3.8, 4) is 5.69 Å². The topological polar surface area (TPSA) is 68.1 Å². The Hall–Kier alpha value is -3.32. The fourth-order valence-electron chi connectivity index (χ4n) is 3.68. The molecule has 1 aliphatic rings. The molecule has 7 heteroatoms. The van der Waals surface area contributed by atoms with Crippen molar-refractivity contribution in [1.82, 2.24) is 19.7 Å². The lowest BCUT2D eigenvalue weighted by Crippen LogP contribution is -2.29. The Labute approximate surface area is 174 Å². The summed E-state index contributed by atoms with van der Waals surface area (Å²) >= 11 is 3.43. The molecule has 0 radical (unpaired) electrons. The Morgan fingerprint density at radius 1 is 0.966 bits per heavy atom. The van der Waals surface area contributed by atoms with E-state index in [1.165, 1.54) is 11.1 Å². The van der Waals surface area contributed by atoms with Crippen molar-refractivity contribution >= 4 is 38.8 Å². The molecule has 0 atom stereocenters. The van der Waals surface area contributed by atoms with Crippen LogP contribution in [0.3, 0.4) is 0 Å². The molecule has 1 aliphatic heterocycles. The average Bonchev–Trinajstić information content (AvgIpc) is 3.19. The summed E-state index contributed by atoms with van der Waals surface area (Å²) in [6.07, 6.45) is 1.49. The zero-order valence-electron chi connectivity index (χ0n) is 15.5. The monoisotopic (exact) mass is 446 g/mol. The number of imide groups is 1. The molecule has 142 valence electrons. The highest BCUT2D eigenvalue weighted by atomic mass is 79.9. The van der Waals surface area contributed by atoms with Crippen molar-refractivity contribution in [2.75, 3.05) is 0 Å². The van der Waals surface area contributed by atoms with E-state index in [1.807, 2.05) is 61.5 Å². The summed E-state index contributed by atoms with van der Waals surface area (Å²) in [7, 11) is 0. The van der Waals surface area contributed by atoms with E-state index in [4.69, 9.17) is 0 Å². The van der Waals surface area contributed by atoms with E-state index in [0.29, 0.717) is 27.9 Å². The summed E-state index contributed by atoms with van der Waals surface area (Å²) in [4.78, 5) is 31.9. The van der Waals surface area contributed by atoms with Gasteiger partial charge in [-0.1, -0.05) is 46.3 Å². The quantitative estimate of drug-likeness (QED) is 0.440. The largest absolute Gasteiger partial charge is 0.270 e. The SMILES string of the molecule is Cc1nn(-c2ccc(Br)cc2)c2ncc3c(c12)C(=O)N(Cc1ccccc1)C3=O. The average molecular weight is 447 g/mol. The van der Waals surface area contributed by atoms with Gasteiger partial charge in [0.05, 0.1) is 34.4 Å². The Morgan fingerprint density at radius 3 is 2.41 bits per heavy atom. The number of carbonyl (C=O) groups excluding carboxylic acids is 2. The molecular weight excluding hydrogens is 432 g/mol. The number of hydrogen-bond donors (Lipinski definition) is 0. The van der Waals surface area contributed by atoms with Crippen LogP contribution in [0.15, 0.2) is 65.3 Å². The van der Waals surface area contributed by atoms with E-state index < -0.39 is 0 Å². The highest BCUT2D eigenvalue weighted by Crippen LogP contribution is 2.32. The van der Waals surface area contributed by atoms with Crippen LogP contribution in [-0.4, -0.2) is 31.5 Å². The van der Waals surface area contributed by atoms with Gasteiger partial charge in [-0.3, -0.25) is 14.5 Å². The molecule has 4 aromatic rings. The maximum Gasteiger partial charge on any atom is 0.263 e. The fourth-order valence-corrected chi connectivity index (χ4v) is 3.95. The zero-order chi connectivity index (χ0) is 20.1. The Kier molecular flexibility index (Phi) is 4.06. The number of rotatable bonds is 3. The van der Waals surface area contributed by atoms with E-state index in [9.17, 15) is 9.59 Å².